The zero-order chi connectivity index (χ0) is 19.1. The molecule has 1 amide bonds. The van der Waals surface area contributed by atoms with Crippen molar-refractivity contribution in [2.24, 2.45) is 5.41 Å². The first-order valence-electron chi connectivity index (χ1n) is 9.41. The van der Waals surface area contributed by atoms with Crippen LogP contribution in [0.25, 0.3) is 0 Å². The van der Waals surface area contributed by atoms with E-state index in [2.05, 4.69) is 22.1 Å². The molecule has 0 unspecified atom stereocenters. The Morgan fingerprint density at radius 1 is 1.22 bits per heavy atom. The van der Waals surface area contributed by atoms with E-state index in [4.69, 9.17) is 4.74 Å². The number of nitrogens with zero attached hydrogens (tertiary/aromatic N) is 3. The predicted octanol–water partition coefficient (Wildman–Crippen LogP) is 2.89. The lowest BCUT2D eigenvalue weighted by Crippen LogP contribution is -2.51. The number of likely N-dealkylation sites (tertiary alicyclic amines) is 1. The fourth-order valence-corrected chi connectivity index (χ4v) is 3.66. The van der Waals surface area contributed by atoms with Crippen LogP contribution in [0, 0.1) is 5.41 Å². The van der Waals surface area contributed by atoms with Gasteiger partial charge < -0.3 is 9.64 Å². The van der Waals surface area contributed by atoms with Gasteiger partial charge in [0.25, 0.3) is 5.91 Å². The molecule has 1 fully saturated rings. The molecule has 1 atom stereocenters. The van der Waals surface area contributed by atoms with Crippen molar-refractivity contribution >= 4 is 11.9 Å². The summed E-state index contributed by atoms with van der Waals surface area (Å²) in [6.07, 6.45) is 7.42. The molecule has 0 aliphatic carbocycles. The first-order valence-corrected chi connectivity index (χ1v) is 9.41. The molecule has 2 heterocycles. The highest BCUT2D eigenvalue weighted by Crippen LogP contribution is 2.36. The number of amides is 1. The minimum atomic E-state index is -0.679. The van der Waals surface area contributed by atoms with Crippen molar-refractivity contribution in [1.82, 2.24) is 14.9 Å². The molecule has 0 N–H and O–H groups in total. The molecule has 2 aromatic rings. The SMILES string of the molecule is CCOC(=O)[C@@]1(CCc2ccccc2)CCCN(C(=O)c2cnccn2)C1. The number of carbonyl (C=O) groups excluding carboxylic acids is 2. The summed E-state index contributed by atoms with van der Waals surface area (Å²) in [5.41, 5.74) is 0.806. The van der Waals surface area contributed by atoms with E-state index in [0.717, 1.165) is 19.3 Å². The Hall–Kier alpha value is -2.76. The van der Waals surface area contributed by atoms with Crippen molar-refractivity contribution in [2.75, 3.05) is 19.7 Å². The summed E-state index contributed by atoms with van der Waals surface area (Å²) >= 11 is 0. The lowest BCUT2D eigenvalue weighted by atomic mass is 9.75. The molecule has 0 radical (unpaired) electrons. The highest BCUT2D eigenvalue weighted by molar-refractivity contribution is 5.92. The number of hydrogen-bond donors (Lipinski definition) is 0. The number of piperidine rings is 1. The molecule has 1 aliphatic rings. The first kappa shape index (κ1) is 19.0. The zero-order valence-corrected chi connectivity index (χ0v) is 15.6. The highest BCUT2D eigenvalue weighted by Gasteiger charge is 2.44. The van der Waals surface area contributed by atoms with Crippen LogP contribution >= 0.6 is 0 Å². The van der Waals surface area contributed by atoms with E-state index in [1.165, 1.54) is 24.2 Å². The summed E-state index contributed by atoms with van der Waals surface area (Å²) in [4.78, 5) is 35.5. The van der Waals surface area contributed by atoms with E-state index in [0.29, 0.717) is 31.8 Å². The fourth-order valence-electron chi connectivity index (χ4n) is 3.66. The monoisotopic (exact) mass is 367 g/mol. The Balaban J connectivity index is 1.79. The van der Waals surface area contributed by atoms with Gasteiger partial charge in [-0.3, -0.25) is 14.6 Å². The fraction of sp³-hybridized carbons (Fsp3) is 0.429. The normalized spacial score (nSPS) is 19.5. The van der Waals surface area contributed by atoms with Gasteiger partial charge in [0.1, 0.15) is 5.69 Å². The van der Waals surface area contributed by atoms with Crippen LogP contribution in [0.3, 0.4) is 0 Å². The third-order valence-corrected chi connectivity index (χ3v) is 5.09. The predicted molar refractivity (Wildman–Crippen MR) is 101 cm³/mol. The molecule has 1 saturated heterocycles. The second kappa shape index (κ2) is 8.75. The number of rotatable bonds is 6. The maximum absolute atomic E-state index is 12.9. The Kier molecular flexibility index (Phi) is 6.16. The highest BCUT2D eigenvalue weighted by atomic mass is 16.5. The van der Waals surface area contributed by atoms with E-state index in [1.54, 1.807) is 4.90 Å². The van der Waals surface area contributed by atoms with Crippen LogP contribution in [-0.4, -0.2) is 46.4 Å². The minimum absolute atomic E-state index is 0.184. The Morgan fingerprint density at radius 2 is 2.04 bits per heavy atom. The van der Waals surface area contributed by atoms with Crippen molar-refractivity contribution in [3.63, 3.8) is 0 Å². The van der Waals surface area contributed by atoms with Gasteiger partial charge in [0.15, 0.2) is 0 Å². The Labute approximate surface area is 159 Å². The molecule has 1 aromatic heterocycles. The van der Waals surface area contributed by atoms with Crippen LogP contribution in [0.15, 0.2) is 48.9 Å². The molecule has 0 saturated carbocycles. The van der Waals surface area contributed by atoms with Gasteiger partial charge in [-0.1, -0.05) is 30.3 Å². The molecule has 6 nitrogen and oxygen atoms in total. The quantitative estimate of drug-likeness (QED) is 0.734. The molecule has 1 aromatic carbocycles. The third-order valence-electron chi connectivity index (χ3n) is 5.09. The van der Waals surface area contributed by atoms with Gasteiger partial charge >= 0.3 is 5.97 Å². The summed E-state index contributed by atoms with van der Waals surface area (Å²) in [7, 11) is 0. The molecule has 6 heteroatoms. The van der Waals surface area contributed by atoms with E-state index in [1.807, 2.05) is 25.1 Å². The zero-order valence-electron chi connectivity index (χ0n) is 15.6. The van der Waals surface area contributed by atoms with Gasteiger partial charge in [-0.15, -0.1) is 0 Å². The summed E-state index contributed by atoms with van der Waals surface area (Å²) < 4.78 is 5.40. The van der Waals surface area contributed by atoms with Crippen LogP contribution in [0.5, 0.6) is 0 Å². The number of aryl methyl sites for hydroxylation is 1. The van der Waals surface area contributed by atoms with E-state index >= 15 is 0 Å². The smallest absolute Gasteiger partial charge is 0.313 e. The Morgan fingerprint density at radius 3 is 2.74 bits per heavy atom. The van der Waals surface area contributed by atoms with Crippen LogP contribution in [0.1, 0.15) is 42.2 Å². The second-order valence-corrected chi connectivity index (χ2v) is 6.91. The number of esters is 1. The summed E-state index contributed by atoms with van der Waals surface area (Å²) in [5, 5.41) is 0. The number of ether oxygens (including phenoxy) is 1. The van der Waals surface area contributed by atoms with Crippen molar-refractivity contribution < 1.29 is 14.3 Å². The van der Waals surface area contributed by atoms with Crippen molar-refractivity contribution in [1.29, 1.82) is 0 Å². The minimum Gasteiger partial charge on any atom is -0.466 e. The van der Waals surface area contributed by atoms with Gasteiger partial charge in [-0.25, -0.2) is 4.98 Å². The number of aromatic nitrogens is 2. The molecule has 3 rings (SSSR count). The number of hydrogen-bond acceptors (Lipinski definition) is 5. The van der Waals surface area contributed by atoms with E-state index in [9.17, 15) is 9.59 Å². The maximum Gasteiger partial charge on any atom is 0.313 e. The maximum atomic E-state index is 12.9. The van der Waals surface area contributed by atoms with Crippen LogP contribution in [-0.2, 0) is 16.0 Å². The molecule has 27 heavy (non-hydrogen) atoms. The molecule has 142 valence electrons. The van der Waals surface area contributed by atoms with Gasteiger partial charge in [-0.05, 0) is 38.2 Å². The summed E-state index contributed by atoms with van der Waals surface area (Å²) in [6, 6.07) is 10.1. The topological polar surface area (TPSA) is 72.4 Å². The van der Waals surface area contributed by atoms with Crippen molar-refractivity contribution in [3.8, 4) is 0 Å². The first-order chi connectivity index (χ1) is 13.1. The Bertz CT molecular complexity index is 767. The number of carbonyl (C=O) groups is 2. The van der Waals surface area contributed by atoms with Gasteiger partial charge in [-0.2, -0.15) is 0 Å². The molecule has 0 spiro atoms. The number of benzene rings is 1. The average molecular weight is 367 g/mol. The van der Waals surface area contributed by atoms with Crippen LogP contribution < -0.4 is 0 Å². The second-order valence-electron chi connectivity index (χ2n) is 6.91. The lowest BCUT2D eigenvalue weighted by Gasteiger charge is -2.41. The molecule has 1 aliphatic heterocycles. The van der Waals surface area contributed by atoms with Crippen molar-refractivity contribution in [2.45, 2.75) is 32.6 Å². The standard InChI is InChI=1S/C21H25N3O3/c1-2-27-20(26)21(11-9-17-7-4-3-5-8-17)10-6-14-24(16-21)19(25)18-15-22-12-13-23-18/h3-5,7-8,12-13,15H,2,6,9-11,14,16H2,1H3/t21-/m1/s1. The average Bonchev–Trinajstić information content (AvgIpc) is 2.73. The van der Waals surface area contributed by atoms with Crippen LogP contribution in [0.2, 0.25) is 0 Å². The van der Waals surface area contributed by atoms with Gasteiger partial charge in [0, 0.05) is 25.5 Å². The van der Waals surface area contributed by atoms with E-state index in [-0.39, 0.29) is 11.9 Å². The van der Waals surface area contributed by atoms with Crippen molar-refractivity contribution in [3.05, 3.63) is 60.2 Å². The lowest BCUT2D eigenvalue weighted by molar-refractivity contribution is -0.159. The van der Waals surface area contributed by atoms with E-state index < -0.39 is 5.41 Å². The largest absolute Gasteiger partial charge is 0.466 e. The third kappa shape index (κ3) is 4.51. The van der Waals surface area contributed by atoms with Gasteiger partial charge in [0.2, 0.25) is 0 Å². The van der Waals surface area contributed by atoms with Crippen LogP contribution in [0.4, 0.5) is 0 Å². The molecular weight excluding hydrogens is 342 g/mol. The summed E-state index contributed by atoms with van der Waals surface area (Å²) in [6.45, 7) is 3.12. The summed E-state index contributed by atoms with van der Waals surface area (Å²) in [5.74, 6) is -0.395. The molecule has 0 bridgehead atoms. The van der Waals surface area contributed by atoms with Gasteiger partial charge in [0.05, 0.1) is 18.2 Å². The molecular formula is C21H25N3O3.